The first kappa shape index (κ1) is 15.2. The summed E-state index contributed by atoms with van der Waals surface area (Å²) in [5, 5.41) is 9.22. The van der Waals surface area contributed by atoms with Gasteiger partial charge in [-0.05, 0) is 39.0 Å². The third-order valence-corrected chi connectivity index (χ3v) is 4.37. The van der Waals surface area contributed by atoms with Crippen LogP contribution < -0.4 is 11.5 Å². The Balaban J connectivity index is 2.71. The van der Waals surface area contributed by atoms with Crippen LogP contribution in [0, 0.1) is 22.6 Å². The minimum Gasteiger partial charge on any atom is -0.399 e. The summed E-state index contributed by atoms with van der Waals surface area (Å²) in [4.78, 5) is 4.16. The number of rotatable bonds is 1. The summed E-state index contributed by atoms with van der Waals surface area (Å²) in [6.45, 7) is 4.30. The van der Waals surface area contributed by atoms with Gasteiger partial charge in [-0.15, -0.1) is 0 Å². The number of hydrogen-bond acceptors (Lipinski definition) is 4. The van der Waals surface area contributed by atoms with E-state index in [9.17, 15) is 9.65 Å². The molecule has 1 aromatic rings. The first-order valence-electron chi connectivity index (χ1n) is 6.57. The zero-order chi connectivity index (χ0) is 16.1. The van der Waals surface area contributed by atoms with Gasteiger partial charge in [0.15, 0.2) is 0 Å². The average Bonchev–Trinajstić information content (AvgIpc) is 2.39. The molecule has 0 aliphatic carbocycles. The van der Waals surface area contributed by atoms with Crippen LogP contribution in [-0.4, -0.2) is 11.5 Å². The van der Waals surface area contributed by atoms with Crippen molar-refractivity contribution in [3.05, 3.63) is 29.6 Å². The molecule has 0 fully saturated rings. The second-order valence-corrected chi connectivity index (χ2v) is 6.13. The van der Waals surface area contributed by atoms with E-state index in [0.29, 0.717) is 5.69 Å². The van der Waals surface area contributed by atoms with Crippen molar-refractivity contribution in [2.75, 3.05) is 5.73 Å². The van der Waals surface area contributed by atoms with Gasteiger partial charge in [0.05, 0.1) is 6.07 Å². The molecule has 0 radical (unpaired) electrons. The maximum atomic E-state index is 15.3. The molecule has 2 rings (SSSR count). The zero-order valence-electron chi connectivity index (χ0n) is 12.2. The van der Waals surface area contributed by atoms with Crippen LogP contribution in [0.4, 0.5) is 14.5 Å². The highest BCUT2D eigenvalue weighted by Gasteiger charge is 2.56. The molecule has 1 aliphatic heterocycles. The van der Waals surface area contributed by atoms with E-state index < -0.39 is 22.4 Å². The predicted molar refractivity (Wildman–Crippen MR) is 77.6 cm³/mol. The lowest BCUT2D eigenvalue weighted by atomic mass is 9.66. The van der Waals surface area contributed by atoms with Crippen LogP contribution in [0.15, 0.2) is 23.2 Å². The Bertz CT molecular complexity index is 662. The summed E-state index contributed by atoms with van der Waals surface area (Å²) < 4.78 is 29.4. The van der Waals surface area contributed by atoms with Crippen molar-refractivity contribution in [2.24, 2.45) is 16.1 Å². The molecular weight excluding hydrogens is 274 g/mol. The molecule has 0 bridgehead atoms. The van der Waals surface area contributed by atoms with Gasteiger partial charge in [-0.25, -0.2) is 8.78 Å². The Morgan fingerprint density at radius 1 is 1.29 bits per heavy atom. The predicted octanol–water partition coefficient (Wildman–Crippen LogP) is 2.64. The van der Waals surface area contributed by atoms with Crippen molar-refractivity contribution in [1.82, 2.24) is 0 Å². The summed E-state index contributed by atoms with van der Waals surface area (Å²) >= 11 is 0. The van der Waals surface area contributed by atoms with E-state index in [1.165, 1.54) is 39.0 Å². The van der Waals surface area contributed by atoms with Gasteiger partial charge >= 0.3 is 0 Å². The fourth-order valence-electron chi connectivity index (χ4n) is 2.76. The van der Waals surface area contributed by atoms with Crippen LogP contribution >= 0.6 is 0 Å². The van der Waals surface area contributed by atoms with Gasteiger partial charge in [0, 0.05) is 17.7 Å². The minimum absolute atomic E-state index is 0.00412. The van der Waals surface area contributed by atoms with Gasteiger partial charge in [-0.3, -0.25) is 4.99 Å². The maximum absolute atomic E-state index is 15.3. The molecule has 21 heavy (non-hydrogen) atoms. The molecule has 0 saturated carbocycles. The van der Waals surface area contributed by atoms with Gasteiger partial charge in [-0.1, -0.05) is 0 Å². The highest BCUT2D eigenvalue weighted by Crippen LogP contribution is 2.50. The molecule has 1 heterocycles. The fourth-order valence-corrected chi connectivity index (χ4v) is 2.76. The molecule has 4 nitrogen and oxygen atoms in total. The van der Waals surface area contributed by atoms with Gasteiger partial charge in [0.1, 0.15) is 28.3 Å². The fraction of sp³-hybridized carbons (Fsp3) is 0.467. The van der Waals surface area contributed by atoms with Crippen LogP contribution in [0.1, 0.15) is 32.8 Å². The largest absolute Gasteiger partial charge is 0.399 e. The minimum atomic E-state index is -1.95. The van der Waals surface area contributed by atoms with Crippen LogP contribution in [0.2, 0.25) is 0 Å². The molecular formula is C15H18F2N4. The number of nitrogens with two attached hydrogens (primary N) is 2. The van der Waals surface area contributed by atoms with Crippen molar-refractivity contribution >= 4 is 11.5 Å². The zero-order valence-corrected chi connectivity index (χ0v) is 12.2. The second-order valence-electron chi connectivity index (χ2n) is 6.13. The number of halogens is 2. The summed E-state index contributed by atoms with van der Waals surface area (Å²) in [7, 11) is 0. The van der Waals surface area contributed by atoms with Crippen molar-refractivity contribution in [1.29, 1.82) is 5.26 Å². The highest BCUT2D eigenvalue weighted by atomic mass is 19.1. The third kappa shape index (κ3) is 2.13. The van der Waals surface area contributed by atoms with E-state index in [1.807, 2.05) is 6.07 Å². The monoisotopic (exact) mass is 292 g/mol. The Kier molecular flexibility index (Phi) is 3.20. The molecule has 1 unspecified atom stereocenters. The number of hydrogen-bond donors (Lipinski definition) is 2. The van der Waals surface area contributed by atoms with Gasteiger partial charge < -0.3 is 11.5 Å². The van der Waals surface area contributed by atoms with E-state index >= 15 is 4.39 Å². The number of benzene rings is 1. The summed E-state index contributed by atoms with van der Waals surface area (Å²) in [5.74, 6) is -0.600. The number of nitrogen functional groups attached to an aromatic ring is 1. The molecule has 6 heteroatoms. The van der Waals surface area contributed by atoms with Crippen LogP contribution in [0.5, 0.6) is 0 Å². The van der Waals surface area contributed by atoms with Crippen LogP contribution in [0.25, 0.3) is 0 Å². The third-order valence-electron chi connectivity index (χ3n) is 4.37. The van der Waals surface area contributed by atoms with Gasteiger partial charge in [0.25, 0.3) is 0 Å². The molecule has 0 saturated heterocycles. The average molecular weight is 292 g/mol. The van der Waals surface area contributed by atoms with E-state index in [-0.39, 0.29) is 17.8 Å². The molecule has 1 aromatic carbocycles. The number of nitriles is 1. The lowest BCUT2D eigenvalue weighted by Gasteiger charge is -2.46. The smallest absolute Gasteiger partial charge is 0.139 e. The SMILES string of the molecule is CC1(C#N)C[C@](C)(F)[C@@](C)(c2cc(N)ccc2F)N=C1N. The Hall–Kier alpha value is -2.16. The molecule has 4 N–H and O–H groups in total. The molecule has 3 atom stereocenters. The molecule has 1 aliphatic rings. The summed E-state index contributed by atoms with van der Waals surface area (Å²) in [5.41, 5.74) is 7.18. The number of alkyl halides is 1. The molecule has 0 spiro atoms. The normalized spacial score (nSPS) is 35.9. The molecule has 0 amide bonds. The Morgan fingerprint density at radius 3 is 2.48 bits per heavy atom. The van der Waals surface area contributed by atoms with E-state index in [4.69, 9.17) is 11.5 Å². The van der Waals surface area contributed by atoms with Crippen molar-refractivity contribution in [3.8, 4) is 6.07 Å². The Labute approximate surface area is 122 Å². The first-order valence-corrected chi connectivity index (χ1v) is 6.57. The maximum Gasteiger partial charge on any atom is 0.139 e. The van der Waals surface area contributed by atoms with Crippen molar-refractivity contribution in [3.63, 3.8) is 0 Å². The number of nitrogens with zero attached hydrogens (tertiary/aromatic N) is 2. The summed E-state index contributed by atoms with van der Waals surface area (Å²) in [6.07, 6.45) is -0.170. The standard InChI is InChI=1S/C15H18F2N4/c1-13(8-18)7-14(2,17)15(3,21-12(13)20)10-6-9(19)4-5-11(10)16/h4-6H,7,19H2,1-3H3,(H2,20,21)/t13?,14-,15+/m0/s1. The topological polar surface area (TPSA) is 88.2 Å². The number of amidine groups is 1. The van der Waals surface area contributed by atoms with Gasteiger partial charge in [-0.2, -0.15) is 5.26 Å². The second kappa shape index (κ2) is 4.42. The summed E-state index contributed by atoms with van der Waals surface area (Å²) in [6, 6.07) is 5.92. The Morgan fingerprint density at radius 2 is 1.90 bits per heavy atom. The number of aliphatic imine (C=N–C) groups is 1. The van der Waals surface area contributed by atoms with Crippen LogP contribution in [-0.2, 0) is 5.54 Å². The molecule has 112 valence electrons. The van der Waals surface area contributed by atoms with E-state index in [0.717, 1.165) is 0 Å². The van der Waals surface area contributed by atoms with Gasteiger partial charge in [0.2, 0.25) is 0 Å². The highest BCUT2D eigenvalue weighted by molar-refractivity contribution is 5.90. The lowest BCUT2D eigenvalue weighted by Crippen LogP contribution is -2.55. The quantitative estimate of drug-likeness (QED) is 0.780. The van der Waals surface area contributed by atoms with E-state index in [1.54, 1.807) is 0 Å². The first-order chi connectivity index (χ1) is 9.56. The number of anilines is 1. The molecule has 0 aromatic heterocycles. The van der Waals surface area contributed by atoms with Crippen molar-refractivity contribution in [2.45, 2.75) is 38.4 Å². The lowest BCUT2D eigenvalue weighted by molar-refractivity contribution is 0.0433. The van der Waals surface area contributed by atoms with Crippen LogP contribution in [0.3, 0.4) is 0 Å². The van der Waals surface area contributed by atoms with Crippen molar-refractivity contribution < 1.29 is 8.78 Å². The van der Waals surface area contributed by atoms with E-state index in [2.05, 4.69) is 4.99 Å².